The minimum absolute atomic E-state index is 0.171. The van der Waals surface area contributed by atoms with E-state index in [0.29, 0.717) is 17.8 Å². The Bertz CT molecular complexity index is 522. The Morgan fingerprint density at radius 3 is 3.11 bits per heavy atom. The Balaban J connectivity index is 1.93. The van der Waals surface area contributed by atoms with Crippen molar-refractivity contribution >= 4 is 28.6 Å². The van der Waals surface area contributed by atoms with E-state index in [0.717, 1.165) is 16.3 Å². The van der Waals surface area contributed by atoms with Crippen LogP contribution in [0.1, 0.15) is 29.4 Å². The van der Waals surface area contributed by atoms with E-state index < -0.39 is 6.10 Å². The van der Waals surface area contributed by atoms with Crippen LogP contribution in [0.25, 0.3) is 9.88 Å². The van der Waals surface area contributed by atoms with Crippen molar-refractivity contribution in [2.24, 2.45) is 0 Å². The lowest BCUT2D eigenvalue weighted by Crippen LogP contribution is -2.31. The first-order valence-electron chi connectivity index (χ1n) is 6.16. The number of hydrogen-bond acceptors (Lipinski definition) is 5. The van der Waals surface area contributed by atoms with E-state index in [4.69, 9.17) is 0 Å². The van der Waals surface area contributed by atoms with Gasteiger partial charge in [-0.3, -0.25) is 4.79 Å². The predicted molar refractivity (Wildman–Crippen MR) is 78.7 cm³/mol. The Labute approximate surface area is 120 Å². The molecule has 2 aromatic rings. The lowest BCUT2D eigenvalue weighted by atomic mass is 10.2. The second-order valence-electron chi connectivity index (χ2n) is 4.16. The van der Waals surface area contributed by atoms with Gasteiger partial charge < -0.3 is 10.4 Å². The van der Waals surface area contributed by atoms with Gasteiger partial charge in [0.2, 0.25) is 0 Å². The molecule has 1 atom stereocenters. The molecule has 0 bridgehead atoms. The van der Waals surface area contributed by atoms with Crippen molar-refractivity contribution in [3.05, 3.63) is 28.6 Å². The molecular formula is C13H16N2O2S2. The number of aromatic nitrogens is 1. The molecule has 19 heavy (non-hydrogen) atoms. The highest BCUT2D eigenvalue weighted by Gasteiger charge is 2.13. The second kappa shape index (κ2) is 6.79. The number of thiophene rings is 1. The molecule has 6 heteroatoms. The summed E-state index contributed by atoms with van der Waals surface area (Å²) in [5.74, 6) is -0.171. The first-order chi connectivity index (χ1) is 9.20. The number of amides is 1. The summed E-state index contributed by atoms with van der Waals surface area (Å²) in [5.41, 5.74) is 0. The number of hydrogen-bond donors (Lipinski definition) is 2. The van der Waals surface area contributed by atoms with Crippen molar-refractivity contribution in [2.45, 2.75) is 25.9 Å². The van der Waals surface area contributed by atoms with Gasteiger partial charge in [0.25, 0.3) is 5.91 Å². The van der Waals surface area contributed by atoms with E-state index in [2.05, 4.69) is 10.3 Å². The number of aliphatic hydroxyl groups is 1. The van der Waals surface area contributed by atoms with Gasteiger partial charge in [-0.05, 0) is 17.9 Å². The molecule has 0 radical (unpaired) electrons. The zero-order valence-corrected chi connectivity index (χ0v) is 12.3. The average Bonchev–Trinajstić information content (AvgIpc) is 3.06. The first kappa shape index (κ1) is 14.2. The van der Waals surface area contributed by atoms with E-state index in [-0.39, 0.29) is 5.91 Å². The number of carbonyl (C=O) groups is 1. The maximum atomic E-state index is 11.9. The number of nitrogens with one attached hydrogen (secondary N) is 1. The first-order valence-corrected chi connectivity index (χ1v) is 7.86. The van der Waals surface area contributed by atoms with Crippen molar-refractivity contribution < 1.29 is 9.90 Å². The SMILES string of the molecule is CCCC(O)CNC(=O)c1cnc(-c2cccs2)s1. The van der Waals surface area contributed by atoms with E-state index in [1.807, 2.05) is 24.4 Å². The van der Waals surface area contributed by atoms with Gasteiger partial charge >= 0.3 is 0 Å². The zero-order valence-electron chi connectivity index (χ0n) is 10.6. The summed E-state index contributed by atoms with van der Waals surface area (Å²) < 4.78 is 0. The third-order valence-corrected chi connectivity index (χ3v) is 4.62. The molecule has 4 nitrogen and oxygen atoms in total. The van der Waals surface area contributed by atoms with Crippen LogP contribution in [-0.4, -0.2) is 28.6 Å². The highest BCUT2D eigenvalue weighted by atomic mass is 32.1. The third-order valence-electron chi connectivity index (χ3n) is 2.58. The van der Waals surface area contributed by atoms with Gasteiger partial charge in [0.1, 0.15) is 9.88 Å². The Kier molecular flexibility index (Phi) is 5.07. The van der Waals surface area contributed by atoms with Gasteiger partial charge in [-0.1, -0.05) is 19.4 Å². The standard InChI is InChI=1S/C13H16N2O2S2/c1-2-4-9(16)7-14-12(17)11-8-15-13(19-11)10-5-3-6-18-10/h3,5-6,8-9,16H,2,4,7H2,1H3,(H,14,17). The minimum Gasteiger partial charge on any atom is -0.391 e. The summed E-state index contributed by atoms with van der Waals surface area (Å²) in [6.07, 6.45) is 2.71. The summed E-state index contributed by atoms with van der Waals surface area (Å²) in [6.45, 7) is 2.29. The fourth-order valence-electron chi connectivity index (χ4n) is 1.63. The van der Waals surface area contributed by atoms with Gasteiger partial charge in [0, 0.05) is 6.54 Å². The van der Waals surface area contributed by atoms with E-state index in [1.54, 1.807) is 17.5 Å². The highest BCUT2D eigenvalue weighted by Crippen LogP contribution is 2.28. The van der Waals surface area contributed by atoms with Crippen molar-refractivity contribution in [1.82, 2.24) is 10.3 Å². The number of aliphatic hydroxyl groups excluding tert-OH is 1. The lowest BCUT2D eigenvalue weighted by molar-refractivity contribution is 0.0914. The highest BCUT2D eigenvalue weighted by molar-refractivity contribution is 7.21. The fourth-order valence-corrected chi connectivity index (χ4v) is 3.26. The molecule has 2 rings (SSSR count). The summed E-state index contributed by atoms with van der Waals surface area (Å²) >= 11 is 2.97. The molecule has 0 saturated heterocycles. The minimum atomic E-state index is -0.473. The normalized spacial score (nSPS) is 12.3. The molecule has 0 aromatic carbocycles. The van der Waals surface area contributed by atoms with Crippen LogP contribution in [0.15, 0.2) is 23.7 Å². The monoisotopic (exact) mass is 296 g/mol. The topological polar surface area (TPSA) is 62.2 Å². The molecule has 102 valence electrons. The Morgan fingerprint density at radius 2 is 2.42 bits per heavy atom. The third kappa shape index (κ3) is 3.86. The summed E-state index contributed by atoms with van der Waals surface area (Å²) in [7, 11) is 0. The van der Waals surface area contributed by atoms with Crippen molar-refractivity contribution in [1.29, 1.82) is 0 Å². The molecule has 0 saturated carbocycles. The number of thiazole rings is 1. The molecule has 2 heterocycles. The molecule has 2 aromatic heterocycles. The van der Waals surface area contributed by atoms with Crippen molar-refractivity contribution in [2.75, 3.05) is 6.54 Å². The second-order valence-corrected chi connectivity index (χ2v) is 6.14. The van der Waals surface area contributed by atoms with Crippen LogP contribution < -0.4 is 5.32 Å². The van der Waals surface area contributed by atoms with Crippen molar-refractivity contribution in [3.8, 4) is 9.88 Å². The summed E-state index contributed by atoms with van der Waals surface area (Å²) in [6, 6.07) is 3.94. The molecule has 2 N–H and O–H groups in total. The Hall–Kier alpha value is -1.24. The largest absolute Gasteiger partial charge is 0.391 e. The maximum absolute atomic E-state index is 11.9. The smallest absolute Gasteiger partial charge is 0.263 e. The van der Waals surface area contributed by atoms with Crippen LogP contribution in [0.3, 0.4) is 0 Å². The van der Waals surface area contributed by atoms with Crippen molar-refractivity contribution in [3.63, 3.8) is 0 Å². The number of rotatable bonds is 6. The predicted octanol–water partition coefficient (Wildman–Crippen LogP) is 2.76. The molecule has 1 amide bonds. The zero-order chi connectivity index (χ0) is 13.7. The van der Waals surface area contributed by atoms with Crippen LogP contribution in [0, 0.1) is 0 Å². The molecule has 0 aliphatic heterocycles. The molecule has 1 unspecified atom stereocenters. The van der Waals surface area contributed by atoms with Gasteiger partial charge in [-0.25, -0.2) is 4.98 Å². The fraction of sp³-hybridized carbons (Fsp3) is 0.385. The van der Waals surface area contributed by atoms with Gasteiger partial charge in [-0.2, -0.15) is 0 Å². The van der Waals surface area contributed by atoms with E-state index in [9.17, 15) is 9.90 Å². The van der Waals surface area contributed by atoms with Gasteiger partial charge in [0.15, 0.2) is 0 Å². The van der Waals surface area contributed by atoms with E-state index >= 15 is 0 Å². The molecule has 0 spiro atoms. The molecular weight excluding hydrogens is 280 g/mol. The lowest BCUT2D eigenvalue weighted by Gasteiger charge is -2.09. The van der Waals surface area contributed by atoms with Crippen LogP contribution in [0.5, 0.6) is 0 Å². The molecule has 0 aliphatic carbocycles. The average molecular weight is 296 g/mol. The summed E-state index contributed by atoms with van der Waals surface area (Å²) in [5, 5.41) is 15.1. The summed E-state index contributed by atoms with van der Waals surface area (Å²) in [4.78, 5) is 17.8. The van der Waals surface area contributed by atoms with Gasteiger partial charge in [-0.15, -0.1) is 22.7 Å². The molecule has 0 aliphatic rings. The van der Waals surface area contributed by atoms with Gasteiger partial charge in [0.05, 0.1) is 17.2 Å². The number of carbonyl (C=O) groups excluding carboxylic acids is 1. The van der Waals surface area contributed by atoms with E-state index in [1.165, 1.54) is 11.3 Å². The van der Waals surface area contributed by atoms with Crippen LogP contribution in [0.2, 0.25) is 0 Å². The Morgan fingerprint density at radius 1 is 1.58 bits per heavy atom. The van der Waals surface area contributed by atoms with Crippen LogP contribution >= 0.6 is 22.7 Å². The van der Waals surface area contributed by atoms with Crippen LogP contribution in [-0.2, 0) is 0 Å². The maximum Gasteiger partial charge on any atom is 0.263 e. The quantitative estimate of drug-likeness (QED) is 0.861. The molecule has 0 fully saturated rings. The van der Waals surface area contributed by atoms with Crippen LogP contribution in [0.4, 0.5) is 0 Å². The number of nitrogens with zero attached hydrogens (tertiary/aromatic N) is 1.